The number of para-hydroxylation sites is 1. The molecule has 0 aliphatic carbocycles. The molecule has 5 rings (SSSR count). The number of anilines is 1. The summed E-state index contributed by atoms with van der Waals surface area (Å²) in [5, 5.41) is 3.65. The average molecular weight is 443 g/mol. The van der Waals surface area contributed by atoms with Crippen LogP contribution in [0.25, 0.3) is 10.2 Å². The maximum atomic E-state index is 12.6. The first-order chi connectivity index (χ1) is 15.8. The zero-order chi connectivity index (χ0) is 21.8. The number of hydrogen-bond acceptors (Lipinski definition) is 5. The van der Waals surface area contributed by atoms with Crippen molar-refractivity contribution in [2.24, 2.45) is 0 Å². The van der Waals surface area contributed by atoms with Crippen molar-refractivity contribution < 1.29 is 4.79 Å². The molecule has 0 bridgehead atoms. The van der Waals surface area contributed by atoms with Gasteiger partial charge in [0.25, 0.3) is 0 Å². The molecule has 1 aliphatic rings. The van der Waals surface area contributed by atoms with Gasteiger partial charge in [-0.1, -0.05) is 84.1 Å². The molecule has 6 heteroatoms. The number of carbonyl (C=O) groups excluding carboxylic acids is 1. The van der Waals surface area contributed by atoms with Gasteiger partial charge in [-0.2, -0.15) is 0 Å². The van der Waals surface area contributed by atoms with Crippen LogP contribution in [-0.2, 0) is 4.79 Å². The van der Waals surface area contributed by atoms with Gasteiger partial charge in [0.05, 0.1) is 22.8 Å². The Bertz CT molecular complexity index is 1100. The van der Waals surface area contributed by atoms with Crippen molar-refractivity contribution in [3.05, 3.63) is 96.1 Å². The van der Waals surface area contributed by atoms with Crippen molar-refractivity contribution in [2.45, 2.75) is 6.04 Å². The Morgan fingerprint density at radius 3 is 2.06 bits per heavy atom. The van der Waals surface area contributed by atoms with Gasteiger partial charge in [0.1, 0.15) is 0 Å². The summed E-state index contributed by atoms with van der Waals surface area (Å²) < 4.78 is 1.09. The molecule has 2 heterocycles. The highest BCUT2D eigenvalue weighted by atomic mass is 32.1. The minimum absolute atomic E-state index is 0.000162. The Morgan fingerprint density at radius 1 is 0.844 bits per heavy atom. The maximum absolute atomic E-state index is 12.6. The van der Waals surface area contributed by atoms with Gasteiger partial charge in [0.15, 0.2) is 5.13 Å². The second-order valence-corrected chi connectivity index (χ2v) is 9.10. The summed E-state index contributed by atoms with van der Waals surface area (Å²) in [5.41, 5.74) is 3.54. The van der Waals surface area contributed by atoms with Crippen LogP contribution in [0.15, 0.2) is 84.9 Å². The van der Waals surface area contributed by atoms with Gasteiger partial charge in [-0.25, -0.2) is 4.98 Å². The van der Waals surface area contributed by atoms with E-state index in [2.05, 4.69) is 80.8 Å². The number of aromatic nitrogens is 1. The predicted octanol–water partition coefficient (Wildman–Crippen LogP) is 4.64. The number of hydrogen-bond donors (Lipinski definition) is 1. The summed E-state index contributed by atoms with van der Waals surface area (Å²) in [6.07, 6.45) is 0. The van der Waals surface area contributed by atoms with Crippen LogP contribution in [0.2, 0.25) is 0 Å². The Hall–Kier alpha value is -3.06. The van der Waals surface area contributed by atoms with Gasteiger partial charge in [0.2, 0.25) is 5.91 Å². The summed E-state index contributed by atoms with van der Waals surface area (Å²) in [6.45, 7) is 3.96. The van der Waals surface area contributed by atoms with Crippen LogP contribution in [0, 0.1) is 0 Å². The maximum Gasteiger partial charge on any atom is 0.240 e. The van der Waals surface area contributed by atoms with E-state index in [0.717, 1.165) is 36.4 Å². The molecule has 1 aliphatic heterocycles. The highest BCUT2D eigenvalue weighted by molar-refractivity contribution is 7.22. The molecular weight excluding hydrogens is 416 g/mol. The summed E-state index contributed by atoms with van der Waals surface area (Å²) >= 11 is 1.52. The van der Waals surface area contributed by atoms with Gasteiger partial charge >= 0.3 is 0 Å². The molecule has 32 heavy (non-hydrogen) atoms. The van der Waals surface area contributed by atoms with Crippen LogP contribution in [0.1, 0.15) is 17.2 Å². The van der Waals surface area contributed by atoms with E-state index in [1.807, 2.05) is 24.3 Å². The molecular formula is C26H26N4OS. The molecule has 3 aromatic carbocycles. The molecule has 5 nitrogen and oxygen atoms in total. The summed E-state index contributed by atoms with van der Waals surface area (Å²) in [4.78, 5) is 21.9. The molecule has 1 amide bonds. The summed E-state index contributed by atoms with van der Waals surface area (Å²) in [5.74, 6) is 0.000162. The molecule has 0 saturated carbocycles. The lowest BCUT2D eigenvalue weighted by Crippen LogP contribution is -2.49. The average Bonchev–Trinajstić information content (AvgIpc) is 3.24. The molecule has 0 unspecified atom stereocenters. The number of rotatable bonds is 6. The molecule has 0 atom stereocenters. The van der Waals surface area contributed by atoms with Crippen LogP contribution < -0.4 is 5.32 Å². The number of thiazole rings is 1. The number of fused-ring (bicyclic) bond motifs is 1. The van der Waals surface area contributed by atoms with E-state index in [0.29, 0.717) is 11.7 Å². The molecule has 4 aromatic rings. The molecule has 0 radical (unpaired) electrons. The fourth-order valence-corrected chi connectivity index (χ4v) is 5.23. The van der Waals surface area contributed by atoms with Crippen LogP contribution in [-0.4, -0.2) is 53.4 Å². The first-order valence-electron chi connectivity index (χ1n) is 11.0. The van der Waals surface area contributed by atoms with E-state index in [1.54, 1.807) is 0 Å². The van der Waals surface area contributed by atoms with Crippen LogP contribution in [0.5, 0.6) is 0 Å². The number of carbonyl (C=O) groups is 1. The highest BCUT2D eigenvalue weighted by Gasteiger charge is 2.27. The van der Waals surface area contributed by atoms with Crippen molar-refractivity contribution >= 4 is 32.6 Å². The standard InChI is InChI=1S/C26H26N4OS/c31-24(28-26-27-22-13-7-8-14-23(22)32-26)19-29-15-17-30(18-16-29)25(20-9-3-1-4-10-20)21-11-5-2-6-12-21/h1-14,25H,15-19H2,(H,27,28,31). The molecule has 1 saturated heterocycles. The van der Waals surface area contributed by atoms with Gasteiger partial charge in [-0.05, 0) is 23.3 Å². The lowest BCUT2D eigenvalue weighted by atomic mass is 9.96. The fraction of sp³-hybridized carbons (Fsp3) is 0.231. The zero-order valence-corrected chi connectivity index (χ0v) is 18.7. The molecule has 1 aromatic heterocycles. The first-order valence-corrected chi connectivity index (χ1v) is 11.8. The molecule has 1 N–H and O–H groups in total. The van der Waals surface area contributed by atoms with Crippen molar-refractivity contribution in [1.82, 2.24) is 14.8 Å². The minimum atomic E-state index is 0.000162. The smallest absolute Gasteiger partial charge is 0.240 e. The molecule has 1 fully saturated rings. The van der Waals surface area contributed by atoms with Gasteiger partial charge < -0.3 is 5.32 Å². The van der Waals surface area contributed by atoms with E-state index in [1.165, 1.54) is 22.5 Å². The third-order valence-electron chi connectivity index (χ3n) is 5.91. The summed E-state index contributed by atoms with van der Waals surface area (Å²) in [7, 11) is 0. The minimum Gasteiger partial charge on any atom is -0.301 e. The molecule has 0 spiro atoms. The fourth-order valence-electron chi connectivity index (χ4n) is 4.35. The van der Waals surface area contributed by atoms with E-state index in [9.17, 15) is 4.79 Å². The molecule has 162 valence electrons. The van der Waals surface area contributed by atoms with E-state index >= 15 is 0 Å². The second-order valence-electron chi connectivity index (χ2n) is 8.07. The normalized spacial score (nSPS) is 15.3. The van der Waals surface area contributed by atoms with Gasteiger partial charge in [-0.15, -0.1) is 0 Å². The van der Waals surface area contributed by atoms with Crippen LogP contribution >= 0.6 is 11.3 Å². The van der Waals surface area contributed by atoms with E-state index < -0.39 is 0 Å². The SMILES string of the molecule is O=C(CN1CCN(C(c2ccccc2)c2ccccc2)CC1)Nc1nc2ccccc2s1. The van der Waals surface area contributed by atoms with Crippen LogP contribution in [0.3, 0.4) is 0 Å². The van der Waals surface area contributed by atoms with Gasteiger partial charge in [-0.3, -0.25) is 14.6 Å². The van der Waals surface area contributed by atoms with Crippen molar-refractivity contribution in [1.29, 1.82) is 0 Å². The monoisotopic (exact) mass is 442 g/mol. The number of amides is 1. The lowest BCUT2D eigenvalue weighted by Gasteiger charge is -2.39. The summed E-state index contributed by atoms with van der Waals surface area (Å²) in [6, 6.07) is 29.5. The van der Waals surface area contributed by atoms with Crippen molar-refractivity contribution in [3.8, 4) is 0 Å². The Balaban J connectivity index is 1.21. The highest BCUT2D eigenvalue weighted by Crippen LogP contribution is 2.29. The van der Waals surface area contributed by atoms with Crippen molar-refractivity contribution in [2.75, 3.05) is 38.0 Å². The lowest BCUT2D eigenvalue weighted by molar-refractivity contribution is -0.117. The quantitative estimate of drug-likeness (QED) is 0.473. The number of benzene rings is 3. The third kappa shape index (κ3) is 4.72. The van der Waals surface area contributed by atoms with E-state index in [4.69, 9.17) is 0 Å². The second kappa shape index (κ2) is 9.61. The zero-order valence-electron chi connectivity index (χ0n) is 17.9. The van der Waals surface area contributed by atoms with E-state index in [-0.39, 0.29) is 11.9 Å². The number of piperazine rings is 1. The van der Waals surface area contributed by atoms with Crippen LogP contribution in [0.4, 0.5) is 5.13 Å². The largest absolute Gasteiger partial charge is 0.301 e. The predicted molar refractivity (Wildman–Crippen MR) is 131 cm³/mol. The number of nitrogens with one attached hydrogen (secondary N) is 1. The van der Waals surface area contributed by atoms with Gasteiger partial charge in [0, 0.05) is 26.2 Å². The number of nitrogens with zero attached hydrogens (tertiary/aromatic N) is 3. The topological polar surface area (TPSA) is 48.5 Å². The Kier molecular flexibility index (Phi) is 6.25. The first kappa shape index (κ1) is 20.8. The Morgan fingerprint density at radius 2 is 1.44 bits per heavy atom. The van der Waals surface area contributed by atoms with Crippen molar-refractivity contribution in [3.63, 3.8) is 0 Å². The third-order valence-corrected chi connectivity index (χ3v) is 6.86. The Labute approximate surface area is 192 Å².